The molecule has 0 fully saturated rings. The third-order valence-electron chi connectivity index (χ3n) is 3.94. The van der Waals surface area contributed by atoms with Crippen molar-refractivity contribution in [3.05, 3.63) is 70.6 Å². The van der Waals surface area contributed by atoms with Crippen LogP contribution in [0.1, 0.15) is 5.56 Å². The number of nitrogens with zero attached hydrogens (tertiary/aromatic N) is 1. The van der Waals surface area contributed by atoms with Crippen LogP contribution in [0.15, 0.2) is 63.8 Å². The van der Waals surface area contributed by atoms with Crippen molar-refractivity contribution in [1.82, 2.24) is 4.90 Å². The molecular formula is C20H19NO5. The number of amides is 1. The Kier molecular flexibility index (Phi) is 5.22. The molecule has 3 rings (SSSR count). The predicted molar refractivity (Wildman–Crippen MR) is 97.4 cm³/mol. The third-order valence-corrected chi connectivity index (χ3v) is 3.94. The van der Waals surface area contributed by atoms with E-state index in [1.165, 1.54) is 6.07 Å². The van der Waals surface area contributed by atoms with E-state index >= 15 is 0 Å². The lowest BCUT2D eigenvalue weighted by Gasteiger charge is -2.18. The summed E-state index contributed by atoms with van der Waals surface area (Å²) in [6.07, 6.45) is 0. The standard InChI is InChI=1S/C20H19NO5/c1-21(12-14-4-3-5-16(10-14)24-2)19(22)13-25-17-8-6-15-7-9-20(23)26-18(15)11-17/h3-11H,12-13H2,1-2H3. The second kappa shape index (κ2) is 7.74. The highest BCUT2D eigenvalue weighted by Gasteiger charge is 2.11. The molecule has 0 unspecified atom stereocenters. The Morgan fingerprint density at radius 3 is 2.69 bits per heavy atom. The highest BCUT2D eigenvalue weighted by Crippen LogP contribution is 2.19. The highest BCUT2D eigenvalue weighted by atomic mass is 16.5. The van der Waals surface area contributed by atoms with Gasteiger partial charge in [0.15, 0.2) is 6.61 Å². The van der Waals surface area contributed by atoms with E-state index in [1.807, 2.05) is 24.3 Å². The van der Waals surface area contributed by atoms with Crippen LogP contribution in [-0.4, -0.2) is 31.6 Å². The van der Waals surface area contributed by atoms with Gasteiger partial charge in [0, 0.05) is 31.1 Å². The minimum absolute atomic E-state index is 0.108. The summed E-state index contributed by atoms with van der Waals surface area (Å²) < 4.78 is 15.8. The lowest BCUT2D eigenvalue weighted by molar-refractivity contribution is -0.132. The average Bonchev–Trinajstić information content (AvgIpc) is 2.65. The molecule has 0 spiro atoms. The van der Waals surface area contributed by atoms with Crippen molar-refractivity contribution < 1.29 is 18.7 Å². The summed E-state index contributed by atoms with van der Waals surface area (Å²) in [6, 6.07) is 15.7. The van der Waals surface area contributed by atoms with Gasteiger partial charge < -0.3 is 18.8 Å². The quantitative estimate of drug-likeness (QED) is 0.638. The van der Waals surface area contributed by atoms with Gasteiger partial charge in [-0.15, -0.1) is 0 Å². The van der Waals surface area contributed by atoms with Gasteiger partial charge in [0.25, 0.3) is 5.91 Å². The Labute approximate surface area is 150 Å². The molecular weight excluding hydrogens is 334 g/mol. The zero-order valence-corrected chi connectivity index (χ0v) is 14.6. The van der Waals surface area contributed by atoms with E-state index < -0.39 is 5.63 Å². The van der Waals surface area contributed by atoms with Gasteiger partial charge in [0.05, 0.1) is 7.11 Å². The first kappa shape index (κ1) is 17.5. The normalized spacial score (nSPS) is 10.5. The first-order chi connectivity index (χ1) is 12.5. The summed E-state index contributed by atoms with van der Waals surface area (Å²) in [5.74, 6) is 1.05. The second-order valence-corrected chi connectivity index (χ2v) is 5.84. The summed E-state index contributed by atoms with van der Waals surface area (Å²) in [7, 11) is 3.32. The van der Waals surface area contributed by atoms with E-state index in [0.717, 1.165) is 16.7 Å². The van der Waals surface area contributed by atoms with Gasteiger partial charge in [-0.2, -0.15) is 0 Å². The molecule has 6 nitrogen and oxygen atoms in total. The molecule has 0 atom stereocenters. The lowest BCUT2D eigenvalue weighted by Crippen LogP contribution is -2.30. The van der Waals surface area contributed by atoms with Crippen LogP contribution in [-0.2, 0) is 11.3 Å². The molecule has 0 aliphatic heterocycles. The van der Waals surface area contributed by atoms with E-state index in [0.29, 0.717) is 17.9 Å². The van der Waals surface area contributed by atoms with Gasteiger partial charge in [0.2, 0.25) is 0 Å². The van der Waals surface area contributed by atoms with Crippen molar-refractivity contribution in [2.75, 3.05) is 20.8 Å². The smallest absolute Gasteiger partial charge is 0.336 e. The van der Waals surface area contributed by atoms with Gasteiger partial charge >= 0.3 is 5.63 Å². The van der Waals surface area contributed by atoms with Crippen LogP contribution >= 0.6 is 0 Å². The topological polar surface area (TPSA) is 69.0 Å². The van der Waals surface area contributed by atoms with Crippen molar-refractivity contribution in [3.8, 4) is 11.5 Å². The van der Waals surface area contributed by atoms with Crippen molar-refractivity contribution in [3.63, 3.8) is 0 Å². The summed E-state index contributed by atoms with van der Waals surface area (Å²) >= 11 is 0. The minimum Gasteiger partial charge on any atom is -0.497 e. The number of hydrogen-bond donors (Lipinski definition) is 0. The van der Waals surface area contributed by atoms with Gasteiger partial charge in [-0.25, -0.2) is 4.79 Å². The summed E-state index contributed by atoms with van der Waals surface area (Å²) in [5.41, 5.74) is 0.962. The maximum atomic E-state index is 12.3. The molecule has 0 radical (unpaired) electrons. The molecule has 1 heterocycles. The number of rotatable bonds is 6. The number of carbonyl (C=O) groups is 1. The number of methoxy groups -OCH3 is 1. The number of likely N-dealkylation sites (N-methyl/N-ethyl adjacent to an activating group) is 1. The van der Waals surface area contributed by atoms with Crippen molar-refractivity contribution in [1.29, 1.82) is 0 Å². The Balaban J connectivity index is 1.61. The van der Waals surface area contributed by atoms with E-state index in [4.69, 9.17) is 13.9 Å². The van der Waals surface area contributed by atoms with E-state index in [9.17, 15) is 9.59 Å². The molecule has 0 bridgehead atoms. The van der Waals surface area contributed by atoms with Gasteiger partial charge in [0.1, 0.15) is 17.1 Å². The number of carbonyl (C=O) groups excluding carboxylic acids is 1. The zero-order valence-electron chi connectivity index (χ0n) is 14.6. The molecule has 6 heteroatoms. The molecule has 0 aliphatic rings. The molecule has 1 aromatic heterocycles. The Bertz CT molecular complexity index is 979. The fourth-order valence-corrected chi connectivity index (χ4v) is 2.52. The molecule has 1 amide bonds. The van der Waals surface area contributed by atoms with Crippen LogP contribution in [0.25, 0.3) is 11.0 Å². The molecule has 0 saturated heterocycles. The van der Waals surface area contributed by atoms with Crippen LogP contribution in [0.4, 0.5) is 0 Å². The minimum atomic E-state index is -0.427. The predicted octanol–water partition coefficient (Wildman–Crippen LogP) is 2.84. The number of fused-ring (bicyclic) bond motifs is 1. The van der Waals surface area contributed by atoms with Crippen molar-refractivity contribution in [2.45, 2.75) is 6.54 Å². The summed E-state index contributed by atoms with van der Waals surface area (Å²) in [4.78, 5) is 25.2. The summed E-state index contributed by atoms with van der Waals surface area (Å²) in [5, 5.41) is 0.790. The van der Waals surface area contributed by atoms with Crippen LogP contribution in [0.2, 0.25) is 0 Å². The first-order valence-corrected chi connectivity index (χ1v) is 8.09. The number of ether oxygens (including phenoxy) is 2. The average molecular weight is 353 g/mol. The van der Waals surface area contributed by atoms with Gasteiger partial charge in [-0.1, -0.05) is 12.1 Å². The van der Waals surface area contributed by atoms with E-state index in [2.05, 4.69) is 0 Å². The molecule has 0 saturated carbocycles. The maximum Gasteiger partial charge on any atom is 0.336 e. The van der Waals surface area contributed by atoms with Crippen molar-refractivity contribution >= 4 is 16.9 Å². The zero-order chi connectivity index (χ0) is 18.5. The Morgan fingerprint density at radius 1 is 1.08 bits per heavy atom. The SMILES string of the molecule is COc1cccc(CN(C)C(=O)COc2ccc3ccc(=O)oc3c2)c1. The molecule has 2 aromatic carbocycles. The van der Waals surface area contributed by atoms with Crippen LogP contribution in [0.3, 0.4) is 0 Å². The van der Waals surface area contributed by atoms with Crippen LogP contribution in [0, 0.1) is 0 Å². The van der Waals surface area contributed by atoms with Gasteiger partial charge in [-0.3, -0.25) is 4.79 Å². The van der Waals surface area contributed by atoms with E-state index in [-0.39, 0.29) is 12.5 Å². The molecule has 0 aliphatic carbocycles. The van der Waals surface area contributed by atoms with Crippen LogP contribution in [0.5, 0.6) is 11.5 Å². The van der Waals surface area contributed by atoms with E-state index in [1.54, 1.807) is 43.3 Å². The Hall–Kier alpha value is -3.28. The third kappa shape index (κ3) is 4.22. The second-order valence-electron chi connectivity index (χ2n) is 5.84. The van der Waals surface area contributed by atoms with Crippen LogP contribution < -0.4 is 15.1 Å². The molecule has 3 aromatic rings. The molecule has 26 heavy (non-hydrogen) atoms. The fourth-order valence-electron chi connectivity index (χ4n) is 2.52. The fraction of sp³-hybridized carbons (Fsp3) is 0.200. The molecule has 134 valence electrons. The largest absolute Gasteiger partial charge is 0.497 e. The highest BCUT2D eigenvalue weighted by molar-refractivity contribution is 5.79. The Morgan fingerprint density at radius 2 is 1.88 bits per heavy atom. The summed E-state index contributed by atoms with van der Waals surface area (Å²) in [6.45, 7) is 0.342. The maximum absolute atomic E-state index is 12.3. The molecule has 0 N–H and O–H groups in total. The number of benzene rings is 2. The first-order valence-electron chi connectivity index (χ1n) is 8.09. The van der Waals surface area contributed by atoms with Crippen molar-refractivity contribution in [2.24, 2.45) is 0 Å². The lowest BCUT2D eigenvalue weighted by atomic mass is 10.2. The monoisotopic (exact) mass is 353 g/mol. The van der Waals surface area contributed by atoms with Gasteiger partial charge in [-0.05, 0) is 35.9 Å². The number of hydrogen-bond acceptors (Lipinski definition) is 5.